The number of ether oxygens (including phenoxy) is 1. The van der Waals surface area contributed by atoms with Crippen LogP contribution in [0.5, 0.6) is 5.75 Å². The standard InChI is InChI=1S/C23H24N2O4S2/c1-14-4-12-20(30-14)19(27)11-7-17(26)8-13-21(28)24-23-25-22(15(2)31-23)16-5-9-18(29-3)10-6-16/h4-6,9-10,12H,7-8,11,13H2,1-3H3,(H,24,25,28). The molecule has 31 heavy (non-hydrogen) atoms. The minimum atomic E-state index is -0.261. The average molecular weight is 457 g/mol. The second-order valence-electron chi connectivity index (χ2n) is 7.07. The fourth-order valence-corrected chi connectivity index (χ4v) is 4.67. The number of Topliss-reactive ketones (excluding diaryl/α,β-unsaturated/α-hetero) is 2. The van der Waals surface area contributed by atoms with E-state index in [2.05, 4.69) is 10.3 Å². The van der Waals surface area contributed by atoms with Crippen LogP contribution in [-0.2, 0) is 9.59 Å². The number of rotatable bonds is 10. The summed E-state index contributed by atoms with van der Waals surface area (Å²) >= 11 is 2.83. The van der Waals surface area contributed by atoms with Gasteiger partial charge in [0.15, 0.2) is 10.9 Å². The molecule has 0 aliphatic heterocycles. The minimum Gasteiger partial charge on any atom is -0.497 e. The molecule has 162 valence electrons. The third kappa shape index (κ3) is 6.32. The van der Waals surface area contributed by atoms with E-state index in [0.29, 0.717) is 10.0 Å². The smallest absolute Gasteiger partial charge is 0.226 e. The number of thiazole rings is 1. The highest BCUT2D eigenvalue weighted by Gasteiger charge is 2.15. The van der Waals surface area contributed by atoms with Crippen molar-refractivity contribution in [3.8, 4) is 17.0 Å². The van der Waals surface area contributed by atoms with Crippen LogP contribution < -0.4 is 10.1 Å². The van der Waals surface area contributed by atoms with Gasteiger partial charge in [-0.1, -0.05) is 0 Å². The van der Waals surface area contributed by atoms with Gasteiger partial charge in [0.2, 0.25) is 5.91 Å². The summed E-state index contributed by atoms with van der Waals surface area (Å²) < 4.78 is 5.17. The third-order valence-electron chi connectivity index (χ3n) is 4.68. The number of hydrogen-bond donors (Lipinski definition) is 1. The van der Waals surface area contributed by atoms with Gasteiger partial charge in [0.1, 0.15) is 11.5 Å². The Morgan fingerprint density at radius 2 is 1.65 bits per heavy atom. The molecule has 0 radical (unpaired) electrons. The lowest BCUT2D eigenvalue weighted by molar-refractivity contribution is -0.122. The number of carbonyl (C=O) groups is 3. The second kappa shape index (κ2) is 10.5. The predicted molar refractivity (Wildman–Crippen MR) is 124 cm³/mol. The first kappa shape index (κ1) is 22.8. The van der Waals surface area contributed by atoms with Gasteiger partial charge in [-0.15, -0.1) is 22.7 Å². The van der Waals surface area contributed by atoms with E-state index in [-0.39, 0.29) is 43.2 Å². The molecule has 3 aromatic rings. The maximum Gasteiger partial charge on any atom is 0.226 e. The maximum absolute atomic E-state index is 12.2. The molecule has 0 saturated heterocycles. The Morgan fingerprint density at radius 3 is 2.29 bits per heavy atom. The molecule has 1 amide bonds. The number of aromatic nitrogens is 1. The van der Waals surface area contributed by atoms with Crippen molar-refractivity contribution in [3.63, 3.8) is 0 Å². The van der Waals surface area contributed by atoms with E-state index in [1.807, 2.05) is 44.2 Å². The lowest BCUT2D eigenvalue weighted by atomic mass is 10.1. The van der Waals surface area contributed by atoms with Crippen LogP contribution in [0.25, 0.3) is 11.3 Å². The van der Waals surface area contributed by atoms with Crippen molar-refractivity contribution in [3.05, 3.63) is 51.0 Å². The van der Waals surface area contributed by atoms with Crippen molar-refractivity contribution in [1.82, 2.24) is 4.98 Å². The zero-order chi connectivity index (χ0) is 22.4. The molecule has 0 bridgehead atoms. The lowest BCUT2D eigenvalue weighted by Crippen LogP contribution is -2.13. The van der Waals surface area contributed by atoms with Crippen LogP contribution in [0.3, 0.4) is 0 Å². The Balaban J connectivity index is 1.47. The van der Waals surface area contributed by atoms with Crippen molar-refractivity contribution in [2.75, 3.05) is 12.4 Å². The highest BCUT2D eigenvalue weighted by molar-refractivity contribution is 7.16. The summed E-state index contributed by atoms with van der Waals surface area (Å²) in [4.78, 5) is 43.7. The van der Waals surface area contributed by atoms with E-state index in [4.69, 9.17) is 4.74 Å². The van der Waals surface area contributed by atoms with E-state index in [1.165, 1.54) is 22.7 Å². The number of aryl methyl sites for hydroxylation is 2. The number of nitrogens with zero attached hydrogens (tertiary/aromatic N) is 1. The topological polar surface area (TPSA) is 85.4 Å². The Kier molecular flexibility index (Phi) is 7.70. The van der Waals surface area contributed by atoms with E-state index in [0.717, 1.165) is 26.8 Å². The first-order valence-corrected chi connectivity index (χ1v) is 11.5. The fraction of sp³-hybridized carbons (Fsp3) is 0.304. The van der Waals surface area contributed by atoms with Gasteiger partial charge in [-0.25, -0.2) is 4.98 Å². The summed E-state index contributed by atoms with van der Waals surface area (Å²) in [6.07, 6.45) is 0.512. The molecule has 0 saturated carbocycles. The number of anilines is 1. The number of methoxy groups -OCH3 is 1. The van der Waals surface area contributed by atoms with Crippen molar-refractivity contribution < 1.29 is 19.1 Å². The zero-order valence-electron chi connectivity index (χ0n) is 17.7. The van der Waals surface area contributed by atoms with Gasteiger partial charge < -0.3 is 10.1 Å². The minimum absolute atomic E-state index is 0.0276. The molecule has 2 heterocycles. The highest BCUT2D eigenvalue weighted by atomic mass is 32.1. The Morgan fingerprint density at radius 1 is 0.935 bits per heavy atom. The molecule has 2 aromatic heterocycles. The molecule has 0 fully saturated rings. The normalized spacial score (nSPS) is 10.7. The van der Waals surface area contributed by atoms with E-state index >= 15 is 0 Å². The molecule has 8 heteroatoms. The number of benzene rings is 1. The van der Waals surface area contributed by atoms with E-state index < -0.39 is 0 Å². The third-order valence-corrected chi connectivity index (χ3v) is 6.61. The maximum atomic E-state index is 12.2. The van der Waals surface area contributed by atoms with E-state index in [1.54, 1.807) is 13.2 Å². The molecular formula is C23H24N2O4S2. The molecule has 3 rings (SSSR count). The number of carbonyl (C=O) groups excluding carboxylic acids is 3. The van der Waals surface area contributed by atoms with Gasteiger partial charge in [-0.2, -0.15) is 0 Å². The molecule has 1 N–H and O–H groups in total. The van der Waals surface area contributed by atoms with Crippen molar-refractivity contribution >= 4 is 45.3 Å². The van der Waals surface area contributed by atoms with Crippen molar-refractivity contribution in [2.45, 2.75) is 39.5 Å². The molecule has 0 aliphatic carbocycles. The first-order valence-electron chi connectivity index (χ1n) is 9.88. The molecular weight excluding hydrogens is 432 g/mol. The SMILES string of the molecule is COc1ccc(-c2nc(NC(=O)CCC(=O)CCC(=O)c3ccc(C)s3)sc2C)cc1. The van der Waals surface area contributed by atoms with Crippen LogP contribution in [0.1, 0.15) is 45.1 Å². The number of amides is 1. The number of thiophene rings is 1. The summed E-state index contributed by atoms with van der Waals surface area (Å²) in [7, 11) is 1.62. The molecule has 0 spiro atoms. The van der Waals surface area contributed by atoms with Crippen LogP contribution in [0.2, 0.25) is 0 Å². The Bertz CT molecular complexity index is 1080. The summed E-state index contributed by atoms with van der Waals surface area (Å²) in [6.45, 7) is 3.89. The zero-order valence-corrected chi connectivity index (χ0v) is 19.3. The number of hydrogen-bond acceptors (Lipinski definition) is 7. The largest absolute Gasteiger partial charge is 0.497 e. The van der Waals surface area contributed by atoms with Crippen molar-refractivity contribution in [1.29, 1.82) is 0 Å². The molecule has 0 unspecified atom stereocenters. The summed E-state index contributed by atoms with van der Waals surface area (Å²) in [5, 5.41) is 3.27. The fourth-order valence-electron chi connectivity index (χ4n) is 2.99. The Hall–Kier alpha value is -2.84. The first-order chi connectivity index (χ1) is 14.9. The van der Waals surface area contributed by atoms with Gasteiger partial charge in [0.05, 0.1) is 17.7 Å². The number of nitrogens with one attached hydrogen (secondary N) is 1. The van der Waals surface area contributed by atoms with Crippen molar-refractivity contribution in [2.24, 2.45) is 0 Å². The van der Waals surface area contributed by atoms with Gasteiger partial charge in [0, 0.05) is 41.0 Å². The Labute approximate surface area is 189 Å². The van der Waals surface area contributed by atoms with Crippen LogP contribution in [0.15, 0.2) is 36.4 Å². The molecule has 6 nitrogen and oxygen atoms in total. The quantitative estimate of drug-likeness (QED) is 0.410. The molecule has 0 aliphatic rings. The molecule has 0 atom stereocenters. The second-order valence-corrected chi connectivity index (χ2v) is 9.56. The average Bonchev–Trinajstić information content (AvgIpc) is 3.35. The van der Waals surface area contributed by atoms with Crippen LogP contribution in [0.4, 0.5) is 5.13 Å². The summed E-state index contributed by atoms with van der Waals surface area (Å²) in [5.74, 6) is 0.386. The van der Waals surface area contributed by atoms with Crippen LogP contribution >= 0.6 is 22.7 Å². The number of ketones is 2. The summed E-state index contributed by atoms with van der Waals surface area (Å²) in [5.41, 5.74) is 1.75. The van der Waals surface area contributed by atoms with Gasteiger partial charge in [-0.05, 0) is 50.2 Å². The van der Waals surface area contributed by atoms with Crippen LogP contribution in [-0.4, -0.2) is 29.6 Å². The lowest BCUT2D eigenvalue weighted by Gasteiger charge is -2.02. The van der Waals surface area contributed by atoms with Crippen LogP contribution in [0, 0.1) is 13.8 Å². The highest BCUT2D eigenvalue weighted by Crippen LogP contribution is 2.31. The predicted octanol–water partition coefficient (Wildman–Crippen LogP) is 5.45. The van der Waals surface area contributed by atoms with Gasteiger partial charge >= 0.3 is 0 Å². The van der Waals surface area contributed by atoms with E-state index in [9.17, 15) is 14.4 Å². The van der Waals surface area contributed by atoms with Gasteiger partial charge in [-0.3, -0.25) is 14.4 Å². The van der Waals surface area contributed by atoms with Gasteiger partial charge in [0.25, 0.3) is 0 Å². The molecule has 1 aromatic carbocycles. The summed E-state index contributed by atoms with van der Waals surface area (Å²) in [6, 6.07) is 11.2. The monoisotopic (exact) mass is 456 g/mol.